The van der Waals surface area contributed by atoms with Crippen LogP contribution in [0.2, 0.25) is 0 Å². The summed E-state index contributed by atoms with van der Waals surface area (Å²) < 4.78 is 13.8. The van der Waals surface area contributed by atoms with Crippen molar-refractivity contribution in [2.24, 2.45) is 0 Å². The van der Waals surface area contributed by atoms with Crippen molar-refractivity contribution in [2.45, 2.75) is 6.42 Å². The SMILES string of the molecule is O=C1NCCc2c(-c3ccccc3)[nH]c3cc(F)cc1c23. The van der Waals surface area contributed by atoms with Gasteiger partial charge in [-0.3, -0.25) is 4.79 Å². The van der Waals surface area contributed by atoms with Gasteiger partial charge >= 0.3 is 0 Å². The Bertz CT molecular complexity index is 852. The van der Waals surface area contributed by atoms with E-state index >= 15 is 0 Å². The van der Waals surface area contributed by atoms with Crippen LogP contribution in [0.1, 0.15) is 15.9 Å². The third kappa shape index (κ3) is 1.83. The molecule has 0 spiro atoms. The van der Waals surface area contributed by atoms with E-state index in [1.54, 1.807) is 0 Å². The number of amides is 1. The van der Waals surface area contributed by atoms with E-state index in [1.807, 2.05) is 30.3 Å². The Kier molecular flexibility index (Phi) is 2.57. The molecule has 0 bridgehead atoms. The maximum atomic E-state index is 13.8. The van der Waals surface area contributed by atoms with Gasteiger partial charge in [0.25, 0.3) is 5.91 Å². The van der Waals surface area contributed by atoms with Crippen molar-refractivity contribution in [3.05, 3.63) is 59.4 Å². The highest BCUT2D eigenvalue weighted by atomic mass is 19.1. The maximum Gasteiger partial charge on any atom is 0.252 e. The Morgan fingerprint density at radius 1 is 1.10 bits per heavy atom. The highest BCUT2D eigenvalue weighted by Gasteiger charge is 2.23. The number of rotatable bonds is 1. The number of carbonyl (C=O) groups is 1. The van der Waals surface area contributed by atoms with Crippen molar-refractivity contribution >= 4 is 16.8 Å². The van der Waals surface area contributed by atoms with E-state index in [2.05, 4.69) is 10.3 Å². The van der Waals surface area contributed by atoms with Gasteiger partial charge in [0.1, 0.15) is 5.82 Å². The van der Waals surface area contributed by atoms with Crippen molar-refractivity contribution < 1.29 is 9.18 Å². The fourth-order valence-electron chi connectivity index (χ4n) is 3.04. The first-order chi connectivity index (χ1) is 10.2. The van der Waals surface area contributed by atoms with Crippen molar-refractivity contribution in [3.63, 3.8) is 0 Å². The molecule has 0 aliphatic carbocycles. The minimum Gasteiger partial charge on any atom is -0.354 e. The lowest BCUT2D eigenvalue weighted by molar-refractivity contribution is 0.0957. The summed E-state index contributed by atoms with van der Waals surface area (Å²) in [5, 5.41) is 3.66. The molecule has 104 valence electrons. The quantitative estimate of drug-likeness (QED) is 0.706. The van der Waals surface area contributed by atoms with Gasteiger partial charge in [0.2, 0.25) is 0 Å². The average molecular weight is 280 g/mol. The predicted molar refractivity (Wildman–Crippen MR) is 79.7 cm³/mol. The Hall–Kier alpha value is -2.62. The van der Waals surface area contributed by atoms with Crippen molar-refractivity contribution in [3.8, 4) is 11.3 Å². The van der Waals surface area contributed by atoms with Gasteiger partial charge in [0.15, 0.2) is 0 Å². The lowest BCUT2D eigenvalue weighted by atomic mass is 10.0. The molecular weight excluding hydrogens is 267 g/mol. The second kappa shape index (κ2) is 4.45. The Morgan fingerprint density at radius 2 is 1.90 bits per heavy atom. The van der Waals surface area contributed by atoms with Gasteiger partial charge in [0.05, 0.1) is 5.56 Å². The Labute approximate surface area is 120 Å². The van der Waals surface area contributed by atoms with Gasteiger partial charge in [-0.15, -0.1) is 0 Å². The average Bonchev–Trinajstić information content (AvgIpc) is 2.76. The Morgan fingerprint density at radius 3 is 2.71 bits per heavy atom. The van der Waals surface area contributed by atoms with E-state index in [0.29, 0.717) is 17.6 Å². The lowest BCUT2D eigenvalue weighted by Crippen LogP contribution is -2.23. The third-order valence-electron chi connectivity index (χ3n) is 3.93. The fourth-order valence-corrected chi connectivity index (χ4v) is 3.04. The molecule has 1 aliphatic heterocycles. The molecule has 2 heterocycles. The van der Waals surface area contributed by atoms with Gasteiger partial charge in [-0.25, -0.2) is 4.39 Å². The molecule has 2 aromatic carbocycles. The molecule has 4 heteroatoms. The van der Waals surface area contributed by atoms with Crippen LogP contribution in [0.25, 0.3) is 22.2 Å². The van der Waals surface area contributed by atoms with Gasteiger partial charge in [-0.1, -0.05) is 30.3 Å². The first-order valence-corrected chi connectivity index (χ1v) is 6.92. The summed E-state index contributed by atoms with van der Waals surface area (Å²) in [6.07, 6.45) is 0.731. The minimum atomic E-state index is -0.401. The molecule has 0 atom stereocenters. The number of H-pyrrole nitrogens is 1. The molecule has 3 aromatic rings. The van der Waals surface area contributed by atoms with E-state index in [0.717, 1.165) is 28.6 Å². The largest absolute Gasteiger partial charge is 0.354 e. The number of hydrogen-bond donors (Lipinski definition) is 2. The lowest BCUT2D eigenvalue weighted by Gasteiger charge is -2.03. The van der Waals surface area contributed by atoms with E-state index in [1.165, 1.54) is 12.1 Å². The molecule has 1 aromatic heterocycles. The normalized spacial score (nSPS) is 14.0. The molecule has 21 heavy (non-hydrogen) atoms. The van der Waals surface area contributed by atoms with E-state index in [9.17, 15) is 9.18 Å². The van der Waals surface area contributed by atoms with Gasteiger partial charge in [-0.2, -0.15) is 0 Å². The summed E-state index contributed by atoms with van der Waals surface area (Å²) in [6, 6.07) is 12.7. The first-order valence-electron chi connectivity index (χ1n) is 6.92. The van der Waals surface area contributed by atoms with Crippen LogP contribution in [0.5, 0.6) is 0 Å². The van der Waals surface area contributed by atoms with E-state index in [-0.39, 0.29) is 5.91 Å². The van der Waals surface area contributed by atoms with Crippen LogP contribution in [-0.2, 0) is 6.42 Å². The van der Waals surface area contributed by atoms with Crippen LogP contribution in [0.15, 0.2) is 42.5 Å². The molecule has 0 saturated heterocycles. The zero-order chi connectivity index (χ0) is 14.4. The Balaban J connectivity index is 2.09. The van der Waals surface area contributed by atoms with Crippen LogP contribution >= 0.6 is 0 Å². The number of hydrogen-bond acceptors (Lipinski definition) is 1. The third-order valence-corrected chi connectivity index (χ3v) is 3.93. The molecule has 0 fully saturated rings. The van der Waals surface area contributed by atoms with Crippen LogP contribution in [0.3, 0.4) is 0 Å². The van der Waals surface area contributed by atoms with Crippen molar-refractivity contribution in [1.29, 1.82) is 0 Å². The van der Waals surface area contributed by atoms with Crippen molar-refractivity contribution in [2.75, 3.05) is 6.54 Å². The maximum absolute atomic E-state index is 13.8. The smallest absolute Gasteiger partial charge is 0.252 e. The number of carbonyl (C=O) groups excluding carboxylic acids is 1. The molecule has 1 amide bonds. The molecule has 2 N–H and O–H groups in total. The van der Waals surface area contributed by atoms with Gasteiger partial charge in [0, 0.05) is 23.1 Å². The number of benzene rings is 2. The fraction of sp³-hybridized carbons (Fsp3) is 0.118. The highest BCUT2D eigenvalue weighted by molar-refractivity contribution is 6.10. The van der Waals surface area contributed by atoms with Crippen LogP contribution in [0.4, 0.5) is 4.39 Å². The monoisotopic (exact) mass is 280 g/mol. The molecular formula is C17H13FN2O. The molecule has 4 rings (SSSR count). The van der Waals surface area contributed by atoms with Crippen LogP contribution < -0.4 is 5.32 Å². The second-order valence-electron chi connectivity index (χ2n) is 5.23. The zero-order valence-corrected chi connectivity index (χ0v) is 11.2. The summed E-state index contributed by atoms with van der Waals surface area (Å²) in [5.74, 6) is -0.612. The highest BCUT2D eigenvalue weighted by Crippen LogP contribution is 2.34. The molecule has 0 radical (unpaired) electrons. The summed E-state index contributed by atoms with van der Waals surface area (Å²) in [5.41, 5.74) is 4.18. The molecule has 1 aliphatic rings. The molecule has 0 unspecified atom stereocenters. The van der Waals surface area contributed by atoms with E-state index < -0.39 is 5.82 Å². The zero-order valence-electron chi connectivity index (χ0n) is 11.2. The summed E-state index contributed by atoms with van der Waals surface area (Å²) in [6.45, 7) is 0.557. The number of halogens is 1. The second-order valence-corrected chi connectivity index (χ2v) is 5.23. The summed E-state index contributed by atoms with van der Waals surface area (Å²) >= 11 is 0. The van der Waals surface area contributed by atoms with Crippen LogP contribution in [0, 0.1) is 5.82 Å². The summed E-state index contributed by atoms with van der Waals surface area (Å²) in [7, 11) is 0. The standard InChI is InChI=1S/C17H13FN2O/c18-11-8-13-15-12(6-7-19-17(13)21)16(20-14(15)9-11)10-4-2-1-3-5-10/h1-5,8-9,20H,6-7H2,(H,19,21). The number of aromatic amines is 1. The van der Waals surface area contributed by atoms with Gasteiger partial charge in [-0.05, 0) is 29.7 Å². The van der Waals surface area contributed by atoms with Gasteiger partial charge < -0.3 is 10.3 Å². The molecule has 3 nitrogen and oxygen atoms in total. The minimum absolute atomic E-state index is 0.211. The van der Waals surface area contributed by atoms with E-state index in [4.69, 9.17) is 0 Å². The first kappa shape index (κ1) is 12.1. The van der Waals surface area contributed by atoms with Crippen molar-refractivity contribution in [1.82, 2.24) is 10.3 Å². The molecule has 0 saturated carbocycles. The summed E-state index contributed by atoms with van der Waals surface area (Å²) in [4.78, 5) is 15.4. The number of nitrogens with one attached hydrogen (secondary N) is 2. The van der Waals surface area contributed by atoms with Crippen LogP contribution in [-0.4, -0.2) is 17.4 Å². The predicted octanol–water partition coefficient (Wildman–Crippen LogP) is 3.26. The topological polar surface area (TPSA) is 44.9 Å². The number of aromatic nitrogens is 1.